The number of benzene rings is 1. The molecule has 0 atom stereocenters. The molecule has 2 fully saturated rings. The van der Waals surface area contributed by atoms with Crippen molar-refractivity contribution in [3.63, 3.8) is 0 Å². The average molecular weight is 383 g/mol. The lowest BCUT2D eigenvalue weighted by Gasteiger charge is -2.38. The standard InChI is InChI=1S/C20H24F3NO3/c21-20(22,23)16-5-3-4-15(13-16)19(8-1-2-9-19)18(27)24-10-6-14(7-11-24)12-17(25)26/h3-5,13-14H,1-2,6-12H2,(H,25,26). The number of carbonyl (C=O) groups excluding carboxylic acids is 1. The molecule has 1 saturated carbocycles. The summed E-state index contributed by atoms with van der Waals surface area (Å²) in [6, 6.07) is 5.18. The average Bonchev–Trinajstić information content (AvgIpc) is 3.12. The van der Waals surface area contributed by atoms with Gasteiger partial charge in [0.05, 0.1) is 11.0 Å². The summed E-state index contributed by atoms with van der Waals surface area (Å²) in [5, 5.41) is 8.92. The van der Waals surface area contributed by atoms with Gasteiger partial charge in [-0.05, 0) is 43.2 Å². The van der Waals surface area contributed by atoms with Crippen LogP contribution in [0.5, 0.6) is 0 Å². The van der Waals surface area contributed by atoms with Crippen LogP contribution in [0.1, 0.15) is 56.1 Å². The van der Waals surface area contributed by atoms with Crippen LogP contribution in [0.15, 0.2) is 24.3 Å². The minimum atomic E-state index is -4.44. The molecule has 2 aliphatic rings. The summed E-state index contributed by atoms with van der Waals surface area (Å²) in [4.78, 5) is 25.9. The maximum absolute atomic E-state index is 13.3. The van der Waals surface area contributed by atoms with Crippen molar-refractivity contribution in [2.75, 3.05) is 13.1 Å². The number of piperidine rings is 1. The molecule has 7 heteroatoms. The monoisotopic (exact) mass is 383 g/mol. The maximum atomic E-state index is 13.3. The third-order valence-corrected chi connectivity index (χ3v) is 5.97. The molecule has 3 rings (SSSR count). The molecule has 1 saturated heterocycles. The highest BCUT2D eigenvalue weighted by Gasteiger charge is 2.46. The third kappa shape index (κ3) is 4.12. The van der Waals surface area contributed by atoms with E-state index in [2.05, 4.69) is 0 Å². The Morgan fingerprint density at radius 3 is 2.33 bits per heavy atom. The number of aliphatic carboxylic acids is 1. The van der Waals surface area contributed by atoms with Crippen LogP contribution in [0.3, 0.4) is 0 Å². The van der Waals surface area contributed by atoms with E-state index >= 15 is 0 Å². The molecule has 1 aliphatic carbocycles. The Morgan fingerprint density at radius 2 is 1.78 bits per heavy atom. The van der Waals surface area contributed by atoms with Gasteiger partial charge in [-0.1, -0.05) is 31.0 Å². The zero-order valence-electron chi connectivity index (χ0n) is 15.1. The van der Waals surface area contributed by atoms with Gasteiger partial charge in [0.2, 0.25) is 5.91 Å². The molecule has 1 aromatic carbocycles. The second-order valence-corrected chi connectivity index (χ2v) is 7.70. The predicted molar refractivity (Wildman–Crippen MR) is 93.1 cm³/mol. The van der Waals surface area contributed by atoms with E-state index in [1.165, 1.54) is 6.07 Å². The van der Waals surface area contributed by atoms with Crippen LogP contribution in [-0.4, -0.2) is 35.0 Å². The van der Waals surface area contributed by atoms with Crippen LogP contribution in [0.4, 0.5) is 13.2 Å². The summed E-state index contributed by atoms with van der Waals surface area (Å²) >= 11 is 0. The van der Waals surface area contributed by atoms with E-state index < -0.39 is 23.1 Å². The van der Waals surface area contributed by atoms with Crippen LogP contribution >= 0.6 is 0 Å². The van der Waals surface area contributed by atoms with Gasteiger partial charge in [0, 0.05) is 19.5 Å². The second-order valence-electron chi connectivity index (χ2n) is 7.70. The molecule has 148 valence electrons. The van der Waals surface area contributed by atoms with Gasteiger partial charge in [0.1, 0.15) is 0 Å². The second kappa shape index (κ2) is 7.52. The van der Waals surface area contributed by atoms with E-state index in [4.69, 9.17) is 5.11 Å². The molecule has 1 N–H and O–H groups in total. The Labute approximate surface area is 156 Å². The molecule has 1 aromatic rings. The number of carboxylic acids is 1. The van der Waals surface area contributed by atoms with Gasteiger partial charge in [-0.3, -0.25) is 9.59 Å². The van der Waals surface area contributed by atoms with Crippen LogP contribution in [0.25, 0.3) is 0 Å². The van der Waals surface area contributed by atoms with Crippen LogP contribution in [-0.2, 0) is 21.2 Å². The summed E-state index contributed by atoms with van der Waals surface area (Å²) in [5.74, 6) is -0.885. The van der Waals surface area contributed by atoms with Crippen molar-refractivity contribution >= 4 is 11.9 Å². The van der Waals surface area contributed by atoms with Crippen molar-refractivity contribution in [3.8, 4) is 0 Å². The van der Waals surface area contributed by atoms with Gasteiger partial charge >= 0.3 is 12.1 Å². The smallest absolute Gasteiger partial charge is 0.416 e. The summed E-state index contributed by atoms with van der Waals surface area (Å²) in [6.07, 6.45) is -0.346. The number of halogens is 3. The molecule has 0 spiro atoms. The number of rotatable bonds is 4. The van der Waals surface area contributed by atoms with Crippen molar-refractivity contribution in [2.24, 2.45) is 5.92 Å². The van der Waals surface area contributed by atoms with E-state index in [0.717, 1.165) is 25.0 Å². The number of likely N-dealkylation sites (tertiary alicyclic amines) is 1. The number of carboxylic acid groups (broad SMARTS) is 1. The van der Waals surface area contributed by atoms with Crippen molar-refractivity contribution in [3.05, 3.63) is 35.4 Å². The SMILES string of the molecule is O=C(O)CC1CCN(C(=O)C2(c3cccc(C(F)(F)F)c3)CCCC2)CC1. The molecule has 27 heavy (non-hydrogen) atoms. The Hall–Kier alpha value is -2.05. The highest BCUT2D eigenvalue weighted by molar-refractivity contribution is 5.89. The number of hydrogen-bond donors (Lipinski definition) is 1. The topological polar surface area (TPSA) is 57.6 Å². The van der Waals surface area contributed by atoms with E-state index in [1.807, 2.05) is 0 Å². The van der Waals surface area contributed by atoms with E-state index in [9.17, 15) is 22.8 Å². The fourth-order valence-electron chi connectivity index (χ4n) is 4.49. The number of carbonyl (C=O) groups is 2. The predicted octanol–water partition coefficient (Wildman–Crippen LogP) is 4.23. The van der Waals surface area contributed by atoms with Crippen LogP contribution in [0, 0.1) is 5.92 Å². The fourth-order valence-corrected chi connectivity index (χ4v) is 4.49. The Morgan fingerprint density at radius 1 is 1.15 bits per heavy atom. The lowest BCUT2D eigenvalue weighted by molar-refractivity contribution is -0.141. The molecular weight excluding hydrogens is 359 g/mol. The van der Waals surface area contributed by atoms with Crippen LogP contribution < -0.4 is 0 Å². The van der Waals surface area contributed by atoms with Gasteiger partial charge in [0.25, 0.3) is 0 Å². The molecule has 0 aromatic heterocycles. The molecule has 1 heterocycles. The molecule has 0 radical (unpaired) electrons. The van der Waals surface area contributed by atoms with E-state index in [0.29, 0.717) is 44.3 Å². The molecule has 0 bridgehead atoms. The van der Waals surface area contributed by atoms with E-state index in [1.54, 1.807) is 11.0 Å². The van der Waals surface area contributed by atoms with Gasteiger partial charge in [-0.2, -0.15) is 13.2 Å². The van der Waals surface area contributed by atoms with Crippen molar-refractivity contribution in [2.45, 2.75) is 56.5 Å². The normalized spacial score (nSPS) is 20.6. The third-order valence-electron chi connectivity index (χ3n) is 5.97. The molecule has 1 amide bonds. The van der Waals surface area contributed by atoms with Crippen LogP contribution in [0.2, 0.25) is 0 Å². The zero-order chi connectivity index (χ0) is 19.7. The summed E-state index contributed by atoms with van der Waals surface area (Å²) in [6.45, 7) is 0.939. The first-order valence-electron chi connectivity index (χ1n) is 9.41. The number of hydrogen-bond acceptors (Lipinski definition) is 2. The van der Waals surface area contributed by atoms with Crippen molar-refractivity contribution in [1.82, 2.24) is 4.90 Å². The van der Waals surface area contributed by atoms with Gasteiger partial charge < -0.3 is 10.0 Å². The quantitative estimate of drug-likeness (QED) is 0.847. The van der Waals surface area contributed by atoms with Gasteiger partial charge in [-0.25, -0.2) is 0 Å². The fraction of sp³-hybridized carbons (Fsp3) is 0.600. The zero-order valence-corrected chi connectivity index (χ0v) is 15.1. The largest absolute Gasteiger partial charge is 0.481 e. The lowest BCUT2D eigenvalue weighted by atomic mass is 9.76. The maximum Gasteiger partial charge on any atom is 0.416 e. The molecular formula is C20H24F3NO3. The van der Waals surface area contributed by atoms with Crippen molar-refractivity contribution in [1.29, 1.82) is 0 Å². The van der Waals surface area contributed by atoms with E-state index in [-0.39, 0.29) is 18.2 Å². The minimum absolute atomic E-state index is 0.0552. The molecule has 0 unspecified atom stereocenters. The number of amides is 1. The van der Waals surface area contributed by atoms with Crippen molar-refractivity contribution < 1.29 is 27.9 Å². The number of nitrogens with zero attached hydrogens (tertiary/aromatic N) is 1. The van der Waals surface area contributed by atoms with Gasteiger partial charge in [-0.15, -0.1) is 0 Å². The molecule has 4 nitrogen and oxygen atoms in total. The highest BCUT2D eigenvalue weighted by Crippen LogP contribution is 2.44. The summed E-state index contributed by atoms with van der Waals surface area (Å²) in [5.41, 5.74) is -1.16. The lowest BCUT2D eigenvalue weighted by Crippen LogP contribution is -2.48. The first-order chi connectivity index (χ1) is 12.7. The first-order valence-corrected chi connectivity index (χ1v) is 9.41. The molecule has 1 aliphatic heterocycles. The first kappa shape index (κ1) is 19.7. The Balaban J connectivity index is 1.81. The Bertz CT molecular complexity index is 703. The summed E-state index contributed by atoms with van der Waals surface area (Å²) in [7, 11) is 0. The Kier molecular flexibility index (Phi) is 5.49. The number of alkyl halides is 3. The van der Waals surface area contributed by atoms with Gasteiger partial charge in [0.15, 0.2) is 0 Å². The minimum Gasteiger partial charge on any atom is -0.481 e. The highest BCUT2D eigenvalue weighted by atomic mass is 19.4. The summed E-state index contributed by atoms with van der Waals surface area (Å²) < 4.78 is 39.4.